The Morgan fingerprint density at radius 1 is 1.02 bits per heavy atom. The van der Waals surface area contributed by atoms with E-state index in [2.05, 4.69) is 58.8 Å². The Hall–Kier alpha value is -5.07. The van der Waals surface area contributed by atoms with Crippen LogP contribution in [0.25, 0.3) is 11.1 Å². The molecule has 0 bridgehead atoms. The Morgan fingerprint density at radius 3 is 2.45 bits per heavy atom. The molecule has 243 valence electrons. The highest BCUT2D eigenvalue weighted by molar-refractivity contribution is 6.49. The lowest BCUT2D eigenvalue weighted by atomic mass is 10.0. The van der Waals surface area contributed by atoms with Gasteiger partial charge in [0.1, 0.15) is 23.9 Å². The molecule has 15 heteroatoms. The maximum Gasteiger partial charge on any atom is 0.300 e. The number of carbonyl (C=O) groups excluding carboxylic acids is 1. The van der Waals surface area contributed by atoms with Crippen LogP contribution < -0.4 is 19.4 Å². The minimum atomic E-state index is -1.36. The summed E-state index contributed by atoms with van der Waals surface area (Å²) in [6, 6.07) is 14.4. The number of ether oxygens (including phenoxy) is 1. The molecule has 0 atom stereocenters. The van der Waals surface area contributed by atoms with E-state index in [1.165, 1.54) is 0 Å². The first-order chi connectivity index (χ1) is 22.9. The predicted octanol–water partition coefficient (Wildman–Crippen LogP) is 3.13. The lowest BCUT2D eigenvalue weighted by Gasteiger charge is -2.43. The van der Waals surface area contributed by atoms with Gasteiger partial charge >= 0.3 is 0 Å². The molecule has 1 amide bonds. The summed E-state index contributed by atoms with van der Waals surface area (Å²) in [4.78, 5) is 27.7. The molecule has 1 N–H and O–H groups in total. The topological polar surface area (TPSA) is 150 Å². The molecule has 47 heavy (non-hydrogen) atoms. The monoisotopic (exact) mass is 652 g/mol. The van der Waals surface area contributed by atoms with Crippen molar-refractivity contribution in [3.63, 3.8) is 0 Å². The molecule has 0 saturated carbocycles. The van der Waals surface area contributed by atoms with E-state index in [1.807, 2.05) is 29.6 Å². The molecule has 2 aromatic carbocycles. The number of piperazine rings is 1. The molecule has 4 heterocycles. The van der Waals surface area contributed by atoms with Crippen LogP contribution in [0, 0.1) is 11.3 Å². The van der Waals surface area contributed by atoms with Crippen molar-refractivity contribution < 1.29 is 14.0 Å². The average Bonchev–Trinajstić information content (AvgIpc) is 3.62. The predicted molar refractivity (Wildman–Crippen MR) is 178 cm³/mol. The summed E-state index contributed by atoms with van der Waals surface area (Å²) in [5, 5.41) is 24.1. The zero-order chi connectivity index (χ0) is 32.8. The quantitative estimate of drug-likeness (QED) is 0.251. The number of rotatable bonds is 10. The minimum absolute atomic E-state index is 0.170. The van der Waals surface area contributed by atoms with E-state index in [0.29, 0.717) is 35.2 Å². The van der Waals surface area contributed by atoms with Gasteiger partial charge in [0.15, 0.2) is 0 Å². The Bertz CT molecular complexity index is 1700. The van der Waals surface area contributed by atoms with Crippen molar-refractivity contribution in [2.45, 2.75) is 38.5 Å². The van der Waals surface area contributed by atoms with Crippen LogP contribution in [0.15, 0.2) is 55.1 Å². The number of aromatic nitrogens is 6. The number of benzene rings is 2. The minimum Gasteiger partial charge on any atom is -0.539 e. The van der Waals surface area contributed by atoms with Crippen LogP contribution in [0.2, 0.25) is 6.55 Å². The summed E-state index contributed by atoms with van der Waals surface area (Å²) < 4.78 is 13.5. The van der Waals surface area contributed by atoms with Crippen molar-refractivity contribution in [3.8, 4) is 28.7 Å². The first kappa shape index (κ1) is 31.9. The standard InChI is InChI=1S/C32H38N11O3Si/c1-23(44)40-12-14-42(15-13-40)27-8-10-41(11-9-27)28-6-7-29(31(17-28)45-2)37-32-34-19-26(20-35-32)24-4-5-25(18-33)30(16-24)46-47(3)22-43-21-36-38-39-43/h4-7,16-17,19-21,27H,8-15,22H2,1-3H3,(H,34,35,37). The molecule has 14 nitrogen and oxygen atoms in total. The molecule has 0 spiro atoms. The summed E-state index contributed by atoms with van der Waals surface area (Å²) in [7, 11) is 0.301. The van der Waals surface area contributed by atoms with Gasteiger partial charge < -0.3 is 24.3 Å². The SMILES string of the molecule is COc1cc(N2CCC(N3CCN(C(C)=O)CC3)CC2)ccc1Nc1ncc(-c2ccc(C#N)c(O[Si](C)Cn3cnnn3)c2)cn1. The van der Waals surface area contributed by atoms with E-state index in [9.17, 15) is 10.1 Å². The first-order valence-corrected chi connectivity index (χ1v) is 17.8. The molecule has 6 rings (SSSR count). The fourth-order valence-electron chi connectivity index (χ4n) is 6.11. The lowest BCUT2D eigenvalue weighted by Crippen LogP contribution is -2.54. The number of tetrazole rings is 1. The van der Waals surface area contributed by atoms with Crippen LogP contribution >= 0.6 is 0 Å². The van der Waals surface area contributed by atoms with E-state index in [-0.39, 0.29) is 5.91 Å². The van der Waals surface area contributed by atoms with Gasteiger partial charge in [0.05, 0.1) is 24.5 Å². The van der Waals surface area contributed by atoms with Gasteiger partial charge in [-0.15, -0.1) is 5.10 Å². The number of hydrogen-bond donors (Lipinski definition) is 1. The highest BCUT2D eigenvalue weighted by Gasteiger charge is 2.28. The molecular formula is C32H38N11O3Si. The van der Waals surface area contributed by atoms with Gasteiger partial charge in [0.2, 0.25) is 11.9 Å². The summed E-state index contributed by atoms with van der Waals surface area (Å²) in [6.45, 7) is 9.15. The van der Waals surface area contributed by atoms with Crippen molar-refractivity contribution >= 4 is 32.3 Å². The Balaban J connectivity index is 1.07. The van der Waals surface area contributed by atoms with E-state index < -0.39 is 9.04 Å². The second-order valence-electron chi connectivity index (χ2n) is 11.7. The fraction of sp³-hybridized carbons (Fsp3) is 0.406. The number of amides is 1. The van der Waals surface area contributed by atoms with Crippen molar-refractivity contribution in [2.24, 2.45) is 0 Å². The Morgan fingerprint density at radius 2 is 1.79 bits per heavy atom. The third-order valence-corrected chi connectivity index (χ3v) is 10.0. The highest BCUT2D eigenvalue weighted by Crippen LogP contribution is 2.34. The molecule has 1 radical (unpaired) electrons. The van der Waals surface area contributed by atoms with Crippen molar-refractivity contribution in [3.05, 3.63) is 60.7 Å². The number of carbonyl (C=O) groups is 1. The number of nitrogens with zero attached hydrogens (tertiary/aromatic N) is 10. The van der Waals surface area contributed by atoms with Gasteiger partial charge in [0, 0.05) is 81.9 Å². The normalized spacial score (nSPS) is 15.8. The summed E-state index contributed by atoms with van der Waals surface area (Å²) in [6.07, 6.45) is 7.76. The summed E-state index contributed by atoms with van der Waals surface area (Å²) in [5.74, 6) is 1.84. The number of nitriles is 1. The van der Waals surface area contributed by atoms with Crippen LogP contribution in [0.4, 0.5) is 17.3 Å². The highest BCUT2D eigenvalue weighted by atomic mass is 28.3. The second kappa shape index (κ2) is 14.6. The Labute approximate surface area is 275 Å². The van der Waals surface area contributed by atoms with Gasteiger partial charge in [0.25, 0.3) is 9.04 Å². The van der Waals surface area contributed by atoms with Crippen LogP contribution in [0.3, 0.4) is 0 Å². The van der Waals surface area contributed by atoms with E-state index >= 15 is 0 Å². The van der Waals surface area contributed by atoms with Crippen LogP contribution in [0.5, 0.6) is 11.5 Å². The molecule has 4 aromatic rings. The number of nitrogens with one attached hydrogen (secondary N) is 1. The molecule has 2 fully saturated rings. The summed E-state index contributed by atoms with van der Waals surface area (Å²) >= 11 is 0. The molecule has 2 saturated heterocycles. The molecule has 2 aromatic heterocycles. The maximum atomic E-state index is 11.7. The van der Waals surface area contributed by atoms with E-state index in [1.54, 1.807) is 43.5 Å². The number of hydrogen-bond acceptors (Lipinski definition) is 12. The first-order valence-electron chi connectivity index (χ1n) is 15.7. The smallest absolute Gasteiger partial charge is 0.300 e. The molecule has 0 aliphatic carbocycles. The van der Waals surface area contributed by atoms with Gasteiger partial charge in [-0.05, 0) is 59.6 Å². The third-order valence-electron chi connectivity index (χ3n) is 8.68. The van der Waals surface area contributed by atoms with Crippen molar-refractivity contribution in [1.29, 1.82) is 5.26 Å². The van der Waals surface area contributed by atoms with Gasteiger partial charge in [-0.25, -0.2) is 14.6 Å². The Kier molecular flexibility index (Phi) is 9.88. The van der Waals surface area contributed by atoms with Crippen LogP contribution in [-0.2, 0) is 11.0 Å². The van der Waals surface area contributed by atoms with Gasteiger partial charge in [-0.1, -0.05) is 6.07 Å². The van der Waals surface area contributed by atoms with Crippen molar-refractivity contribution in [1.82, 2.24) is 40.0 Å². The number of piperidine rings is 1. The summed E-state index contributed by atoms with van der Waals surface area (Å²) in [5.41, 5.74) is 3.99. The average molecular weight is 653 g/mol. The lowest BCUT2D eigenvalue weighted by molar-refractivity contribution is -0.130. The van der Waals surface area contributed by atoms with E-state index in [4.69, 9.17) is 9.16 Å². The van der Waals surface area contributed by atoms with E-state index in [0.717, 1.165) is 74.6 Å². The second-order valence-corrected chi connectivity index (χ2v) is 13.6. The largest absolute Gasteiger partial charge is 0.539 e. The van der Waals surface area contributed by atoms with Gasteiger partial charge in [-0.2, -0.15) is 5.26 Å². The fourth-order valence-corrected chi connectivity index (χ4v) is 7.32. The maximum absolute atomic E-state index is 11.7. The zero-order valence-electron chi connectivity index (χ0n) is 26.8. The van der Waals surface area contributed by atoms with Crippen LogP contribution in [0.1, 0.15) is 25.3 Å². The van der Waals surface area contributed by atoms with Crippen LogP contribution in [-0.4, -0.2) is 107 Å². The van der Waals surface area contributed by atoms with Gasteiger partial charge in [-0.3, -0.25) is 9.69 Å². The number of methoxy groups -OCH3 is 1. The third kappa shape index (κ3) is 7.67. The number of anilines is 3. The molecular weight excluding hydrogens is 615 g/mol. The molecule has 0 unspecified atom stereocenters. The molecule has 2 aliphatic heterocycles. The zero-order valence-corrected chi connectivity index (χ0v) is 27.8. The van der Waals surface area contributed by atoms with Crippen molar-refractivity contribution in [2.75, 3.05) is 56.6 Å². The molecule has 2 aliphatic rings.